The molecule has 0 spiro atoms. The minimum atomic E-state index is 0.103. The third-order valence-corrected chi connectivity index (χ3v) is 5.19. The second kappa shape index (κ2) is 8.87. The van der Waals surface area contributed by atoms with Crippen molar-refractivity contribution in [2.45, 2.75) is 53.1 Å². The van der Waals surface area contributed by atoms with Crippen LogP contribution in [-0.2, 0) is 11.3 Å². The lowest BCUT2D eigenvalue weighted by atomic mass is 9.91. The highest BCUT2D eigenvalue weighted by Gasteiger charge is 2.28. The highest BCUT2D eigenvalue weighted by Crippen LogP contribution is 2.21. The lowest BCUT2D eigenvalue weighted by Gasteiger charge is -2.34. The molecule has 1 fully saturated rings. The van der Waals surface area contributed by atoms with E-state index in [2.05, 4.69) is 50.0 Å². The van der Waals surface area contributed by atoms with E-state index in [1.54, 1.807) is 0 Å². The number of hydrogen-bond acceptors (Lipinski definition) is 2. The molecule has 1 atom stereocenters. The summed E-state index contributed by atoms with van der Waals surface area (Å²) in [5, 5.41) is 4.06. The topological polar surface area (TPSA) is 32.3 Å². The minimum Gasteiger partial charge on any atom is -0.353 e. The number of carbonyl (C=O) groups is 1. The Balaban J connectivity index is 1.92. The number of rotatable bonds is 6. The lowest BCUT2D eigenvalue weighted by Crippen LogP contribution is -2.48. The van der Waals surface area contributed by atoms with Gasteiger partial charge in [-0.15, -0.1) is 0 Å². The van der Waals surface area contributed by atoms with Crippen molar-refractivity contribution in [1.82, 2.24) is 10.2 Å². The quantitative estimate of drug-likeness (QED) is 0.827. The molecule has 3 nitrogen and oxygen atoms in total. The SMILES string of the molecule is CC(C)C(NC(=O)C1CCCN(Cc2ccc(Cl)cc2)C1)C(C)C. The summed E-state index contributed by atoms with van der Waals surface area (Å²) < 4.78 is 0. The maximum atomic E-state index is 12.7. The zero-order valence-corrected chi connectivity index (χ0v) is 16.1. The van der Waals surface area contributed by atoms with Gasteiger partial charge in [0.1, 0.15) is 0 Å². The second-order valence-corrected chi connectivity index (χ2v) is 8.16. The van der Waals surface area contributed by atoms with Crippen molar-refractivity contribution in [3.05, 3.63) is 34.9 Å². The van der Waals surface area contributed by atoms with E-state index in [4.69, 9.17) is 11.6 Å². The van der Waals surface area contributed by atoms with Crippen LogP contribution in [-0.4, -0.2) is 29.9 Å². The minimum absolute atomic E-state index is 0.103. The zero-order chi connectivity index (χ0) is 17.7. The van der Waals surface area contributed by atoms with Crippen LogP contribution in [0.25, 0.3) is 0 Å². The predicted octanol–water partition coefficient (Wildman–Crippen LogP) is 4.35. The van der Waals surface area contributed by atoms with Gasteiger partial charge in [-0.1, -0.05) is 51.4 Å². The molecule has 0 radical (unpaired) electrons. The van der Waals surface area contributed by atoms with E-state index < -0.39 is 0 Å². The van der Waals surface area contributed by atoms with Gasteiger partial charge in [-0.2, -0.15) is 0 Å². The predicted molar refractivity (Wildman–Crippen MR) is 101 cm³/mol. The first-order valence-electron chi connectivity index (χ1n) is 9.14. The van der Waals surface area contributed by atoms with Gasteiger partial charge in [0.25, 0.3) is 0 Å². The van der Waals surface area contributed by atoms with E-state index in [1.807, 2.05) is 12.1 Å². The van der Waals surface area contributed by atoms with Crippen LogP contribution in [0.2, 0.25) is 5.02 Å². The number of amides is 1. The molecule has 1 N–H and O–H groups in total. The Labute approximate surface area is 151 Å². The van der Waals surface area contributed by atoms with Crippen molar-refractivity contribution in [2.24, 2.45) is 17.8 Å². The van der Waals surface area contributed by atoms with Gasteiger partial charge in [0.05, 0.1) is 5.92 Å². The molecule has 1 aliphatic rings. The average molecular weight is 351 g/mol. The summed E-state index contributed by atoms with van der Waals surface area (Å²) >= 11 is 5.95. The summed E-state index contributed by atoms with van der Waals surface area (Å²) in [5.74, 6) is 1.25. The fraction of sp³-hybridized carbons (Fsp3) is 0.650. The molecule has 134 valence electrons. The maximum Gasteiger partial charge on any atom is 0.224 e. The fourth-order valence-electron chi connectivity index (χ4n) is 3.65. The number of benzene rings is 1. The number of piperidine rings is 1. The highest BCUT2D eigenvalue weighted by atomic mass is 35.5. The van der Waals surface area contributed by atoms with Crippen LogP contribution in [0.1, 0.15) is 46.1 Å². The van der Waals surface area contributed by atoms with E-state index in [0.29, 0.717) is 11.8 Å². The first-order valence-corrected chi connectivity index (χ1v) is 9.51. The van der Waals surface area contributed by atoms with Crippen molar-refractivity contribution in [3.63, 3.8) is 0 Å². The molecule has 1 amide bonds. The Morgan fingerprint density at radius 1 is 1.21 bits per heavy atom. The van der Waals surface area contributed by atoms with Gasteiger partial charge in [0.15, 0.2) is 0 Å². The van der Waals surface area contributed by atoms with Gasteiger partial charge >= 0.3 is 0 Å². The fourth-order valence-corrected chi connectivity index (χ4v) is 3.77. The molecule has 2 rings (SSSR count). The summed E-state index contributed by atoms with van der Waals surface area (Å²) in [5.41, 5.74) is 1.25. The van der Waals surface area contributed by atoms with Crippen LogP contribution in [0.4, 0.5) is 0 Å². The third kappa shape index (κ3) is 5.49. The summed E-state index contributed by atoms with van der Waals surface area (Å²) in [6.07, 6.45) is 2.07. The molecule has 1 unspecified atom stereocenters. The molecule has 1 heterocycles. The largest absolute Gasteiger partial charge is 0.353 e. The van der Waals surface area contributed by atoms with E-state index >= 15 is 0 Å². The molecule has 1 saturated heterocycles. The second-order valence-electron chi connectivity index (χ2n) is 7.72. The van der Waals surface area contributed by atoms with Gasteiger partial charge in [0.2, 0.25) is 5.91 Å². The van der Waals surface area contributed by atoms with Gasteiger partial charge in [-0.05, 0) is 48.9 Å². The Hall–Kier alpha value is -1.06. The van der Waals surface area contributed by atoms with Crippen molar-refractivity contribution in [1.29, 1.82) is 0 Å². The Morgan fingerprint density at radius 3 is 2.42 bits per heavy atom. The molecule has 0 bridgehead atoms. The molecule has 1 aromatic rings. The van der Waals surface area contributed by atoms with Crippen LogP contribution in [0.3, 0.4) is 0 Å². The molecule has 24 heavy (non-hydrogen) atoms. The number of nitrogens with zero attached hydrogens (tertiary/aromatic N) is 1. The van der Waals surface area contributed by atoms with Crippen LogP contribution < -0.4 is 5.32 Å². The number of halogens is 1. The smallest absolute Gasteiger partial charge is 0.224 e. The van der Waals surface area contributed by atoms with Gasteiger partial charge in [-0.3, -0.25) is 9.69 Å². The van der Waals surface area contributed by atoms with Gasteiger partial charge in [-0.25, -0.2) is 0 Å². The maximum absolute atomic E-state index is 12.7. The Kier molecular flexibility index (Phi) is 7.12. The Morgan fingerprint density at radius 2 is 1.83 bits per heavy atom. The van der Waals surface area contributed by atoms with E-state index in [-0.39, 0.29) is 17.9 Å². The highest BCUT2D eigenvalue weighted by molar-refractivity contribution is 6.30. The van der Waals surface area contributed by atoms with Crippen molar-refractivity contribution >= 4 is 17.5 Å². The molecular weight excluding hydrogens is 320 g/mol. The molecule has 0 aliphatic carbocycles. The number of hydrogen-bond donors (Lipinski definition) is 1. The van der Waals surface area contributed by atoms with Gasteiger partial charge < -0.3 is 5.32 Å². The standard InChI is InChI=1S/C20H31ClN2O/c1-14(2)19(15(3)4)22-20(24)17-6-5-11-23(13-17)12-16-7-9-18(21)10-8-16/h7-10,14-15,17,19H,5-6,11-13H2,1-4H3,(H,22,24). The normalized spacial score (nSPS) is 19.2. The number of nitrogens with one attached hydrogen (secondary N) is 1. The Bertz CT molecular complexity index is 519. The first-order chi connectivity index (χ1) is 11.4. The monoisotopic (exact) mass is 350 g/mol. The van der Waals surface area contributed by atoms with Crippen LogP contribution in [0.5, 0.6) is 0 Å². The van der Waals surface area contributed by atoms with Crippen molar-refractivity contribution in [2.75, 3.05) is 13.1 Å². The molecule has 0 saturated carbocycles. The average Bonchev–Trinajstić information content (AvgIpc) is 2.54. The molecule has 0 aromatic heterocycles. The van der Waals surface area contributed by atoms with E-state index in [0.717, 1.165) is 37.5 Å². The van der Waals surface area contributed by atoms with Crippen LogP contribution >= 0.6 is 11.6 Å². The van der Waals surface area contributed by atoms with Gasteiger partial charge in [0, 0.05) is 24.2 Å². The first kappa shape index (κ1) is 19.3. The summed E-state index contributed by atoms with van der Waals surface area (Å²) in [6.45, 7) is 11.5. The van der Waals surface area contributed by atoms with Crippen LogP contribution in [0.15, 0.2) is 24.3 Å². The third-order valence-electron chi connectivity index (χ3n) is 4.94. The zero-order valence-electron chi connectivity index (χ0n) is 15.4. The summed E-state index contributed by atoms with van der Waals surface area (Å²) in [6, 6.07) is 8.25. The molecule has 1 aliphatic heterocycles. The van der Waals surface area contributed by atoms with Crippen LogP contribution in [0, 0.1) is 17.8 Å². The summed E-state index contributed by atoms with van der Waals surface area (Å²) in [7, 11) is 0. The van der Waals surface area contributed by atoms with Crippen molar-refractivity contribution < 1.29 is 4.79 Å². The summed E-state index contributed by atoms with van der Waals surface area (Å²) in [4.78, 5) is 15.1. The van der Waals surface area contributed by atoms with E-state index in [9.17, 15) is 4.79 Å². The number of likely N-dealkylation sites (tertiary alicyclic amines) is 1. The lowest BCUT2D eigenvalue weighted by molar-refractivity contribution is -0.128. The van der Waals surface area contributed by atoms with E-state index in [1.165, 1.54) is 5.56 Å². The number of carbonyl (C=O) groups excluding carboxylic acids is 1. The molecule has 4 heteroatoms. The molecule has 1 aromatic carbocycles. The van der Waals surface area contributed by atoms with Crippen molar-refractivity contribution in [3.8, 4) is 0 Å². The molecular formula is C20H31ClN2O.